The summed E-state index contributed by atoms with van der Waals surface area (Å²) in [7, 11) is -3.75. The van der Waals surface area contributed by atoms with Crippen LogP contribution in [0.15, 0.2) is 65.6 Å². The van der Waals surface area contributed by atoms with Crippen molar-refractivity contribution in [2.75, 3.05) is 43.1 Å². The number of nitrogens with one attached hydrogen (secondary N) is 2. The summed E-state index contributed by atoms with van der Waals surface area (Å²) in [6.07, 6.45) is 3.07. The van der Waals surface area contributed by atoms with Gasteiger partial charge in [0.15, 0.2) is 15.7 Å². The number of hydrogen-bond acceptors (Lipinski definition) is 8. The summed E-state index contributed by atoms with van der Waals surface area (Å²) in [6, 6.07) is 17.4. The van der Waals surface area contributed by atoms with Crippen LogP contribution in [0, 0.1) is 0 Å². The Kier molecular flexibility index (Phi) is 8.86. The van der Waals surface area contributed by atoms with Crippen molar-refractivity contribution in [1.82, 2.24) is 15.3 Å². The van der Waals surface area contributed by atoms with Gasteiger partial charge in [0.25, 0.3) is 0 Å². The molecule has 3 N–H and O–H groups in total. The van der Waals surface area contributed by atoms with Crippen LogP contribution in [0.3, 0.4) is 0 Å². The van der Waals surface area contributed by atoms with Gasteiger partial charge in [-0.05, 0) is 62.6 Å². The van der Waals surface area contributed by atoms with Gasteiger partial charge < -0.3 is 25.4 Å². The molecule has 11 heteroatoms. The Labute approximate surface area is 241 Å². The number of anilines is 2. The average molecular weight is 580 g/mol. The maximum atomic E-state index is 14.2. The van der Waals surface area contributed by atoms with Gasteiger partial charge >= 0.3 is 6.03 Å². The van der Waals surface area contributed by atoms with E-state index in [0.717, 1.165) is 12.8 Å². The molecule has 1 saturated heterocycles. The molecule has 0 unspecified atom stereocenters. The van der Waals surface area contributed by atoms with Crippen LogP contribution in [0.2, 0.25) is 0 Å². The van der Waals surface area contributed by atoms with Gasteiger partial charge in [0.2, 0.25) is 0 Å². The number of rotatable bonds is 9. The van der Waals surface area contributed by atoms with E-state index in [-0.39, 0.29) is 18.7 Å². The van der Waals surface area contributed by atoms with Crippen molar-refractivity contribution in [3.63, 3.8) is 0 Å². The summed E-state index contributed by atoms with van der Waals surface area (Å²) in [5, 5.41) is 14.4. The van der Waals surface area contributed by atoms with Crippen LogP contribution >= 0.6 is 0 Å². The molecule has 41 heavy (non-hydrogen) atoms. The Morgan fingerprint density at radius 3 is 2.51 bits per heavy atom. The van der Waals surface area contributed by atoms with Crippen molar-refractivity contribution in [2.45, 2.75) is 54.7 Å². The third kappa shape index (κ3) is 6.07. The monoisotopic (exact) mass is 579 g/mol. The van der Waals surface area contributed by atoms with Gasteiger partial charge in [-0.15, -0.1) is 0 Å². The molecule has 2 aliphatic rings. The fourth-order valence-electron chi connectivity index (χ4n) is 5.60. The van der Waals surface area contributed by atoms with Crippen LogP contribution in [-0.4, -0.2) is 68.5 Å². The number of sulfone groups is 1. The first-order valence-corrected chi connectivity index (χ1v) is 15.6. The molecular formula is C30H37N5O5S. The van der Waals surface area contributed by atoms with E-state index < -0.39 is 14.6 Å². The first kappa shape index (κ1) is 29.0. The number of carbonyl (C=O) groups is 1. The Bertz CT molecular complexity index is 1440. The minimum Gasteiger partial charge on any atom is -0.396 e. The zero-order chi connectivity index (χ0) is 28.9. The van der Waals surface area contributed by atoms with Crippen molar-refractivity contribution in [3.8, 4) is 11.4 Å². The van der Waals surface area contributed by atoms with Gasteiger partial charge in [-0.1, -0.05) is 31.0 Å². The van der Waals surface area contributed by atoms with E-state index >= 15 is 0 Å². The number of amides is 2. The lowest BCUT2D eigenvalue weighted by Gasteiger charge is -2.36. The van der Waals surface area contributed by atoms with Crippen LogP contribution in [0.1, 0.15) is 44.7 Å². The number of aliphatic hydroxyl groups excluding tert-OH is 1. The molecule has 1 aliphatic carbocycles. The van der Waals surface area contributed by atoms with Gasteiger partial charge in [-0.25, -0.2) is 23.2 Å². The summed E-state index contributed by atoms with van der Waals surface area (Å²) in [5.74, 6) is 1.12. The Morgan fingerprint density at radius 2 is 1.83 bits per heavy atom. The van der Waals surface area contributed by atoms with Gasteiger partial charge in [0.1, 0.15) is 10.6 Å². The average Bonchev–Trinajstić information content (AvgIpc) is 3.50. The predicted octanol–water partition coefficient (Wildman–Crippen LogP) is 4.12. The number of benzene rings is 2. The number of ether oxygens (including phenoxy) is 1. The number of morpholine rings is 1. The molecule has 5 rings (SSSR count). The van der Waals surface area contributed by atoms with Crippen molar-refractivity contribution in [1.29, 1.82) is 0 Å². The van der Waals surface area contributed by atoms with Gasteiger partial charge in [0, 0.05) is 37.0 Å². The third-order valence-electron chi connectivity index (χ3n) is 7.84. The predicted molar refractivity (Wildman–Crippen MR) is 158 cm³/mol. The molecule has 1 atom stereocenters. The highest BCUT2D eigenvalue weighted by Crippen LogP contribution is 2.48. The summed E-state index contributed by atoms with van der Waals surface area (Å²) < 4.78 is 33.0. The number of nitrogens with zero attached hydrogens (tertiary/aromatic N) is 3. The molecule has 2 fully saturated rings. The number of carbonyl (C=O) groups excluding carboxylic acids is 1. The zero-order valence-electron chi connectivity index (χ0n) is 23.3. The molecule has 2 heterocycles. The second kappa shape index (κ2) is 12.5. The van der Waals surface area contributed by atoms with Crippen molar-refractivity contribution < 1.29 is 23.1 Å². The number of hydrogen-bond donors (Lipinski definition) is 3. The molecule has 1 saturated carbocycles. The van der Waals surface area contributed by atoms with Crippen LogP contribution in [0.25, 0.3) is 11.4 Å². The number of aromatic nitrogens is 2. The van der Waals surface area contributed by atoms with E-state index in [1.54, 1.807) is 36.4 Å². The minimum absolute atomic E-state index is 0.00714. The Balaban J connectivity index is 1.55. The summed E-state index contributed by atoms with van der Waals surface area (Å²) in [5.41, 5.74) is 1.82. The lowest BCUT2D eigenvalue weighted by atomic mass is 10.0. The first-order chi connectivity index (χ1) is 19.8. The van der Waals surface area contributed by atoms with Gasteiger partial charge in [-0.3, -0.25) is 0 Å². The van der Waals surface area contributed by atoms with Crippen LogP contribution in [0.5, 0.6) is 0 Å². The fraction of sp³-hybridized carbons (Fsp3) is 0.433. The number of aliphatic hydroxyl groups is 1. The molecule has 2 aromatic carbocycles. The first-order valence-electron chi connectivity index (χ1n) is 14.1. The molecule has 1 aromatic heterocycles. The van der Waals surface area contributed by atoms with Crippen molar-refractivity contribution >= 4 is 27.4 Å². The fourth-order valence-corrected chi connectivity index (χ4v) is 7.78. The Hall–Kier alpha value is -3.54. The van der Waals surface area contributed by atoms with Crippen LogP contribution in [0.4, 0.5) is 16.3 Å². The Morgan fingerprint density at radius 1 is 1.10 bits per heavy atom. The second-order valence-corrected chi connectivity index (χ2v) is 12.9. The molecule has 2 amide bonds. The third-order valence-corrected chi connectivity index (χ3v) is 10.4. The topological polar surface area (TPSA) is 134 Å². The smallest absolute Gasteiger partial charge is 0.319 e. The standard InChI is InChI=1S/C30H37N5O5S/c1-22-21-40-19-17-35(22)27-20-26(30(14-5-6-15-30)41(38,39)25-8-3-2-4-9-25)33-28(34-27)23-10-12-24(13-11-23)32-29(37)31-16-7-18-36/h2-4,8-13,20,22,36H,5-7,14-19,21H2,1H3,(H2,31,32,37)/t22-/m0/s1. The largest absolute Gasteiger partial charge is 0.396 e. The summed E-state index contributed by atoms with van der Waals surface area (Å²) in [4.78, 5) is 24.4. The molecule has 1 aliphatic heterocycles. The quantitative estimate of drug-likeness (QED) is 0.323. The highest BCUT2D eigenvalue weighted by Gasteiger charge is 2.50. The summed E-state index contributed by atoms with van der Waals surface area (Å²) in [6.45, 7) is 4.21. The molecule has 3 aromatic rings. The molecule has 0 radical (unpaired) electrons. The van der Waals surface area contributed by atoms with Crippen LogP contribution < -0.4 is 15.5 Å². The van der Waals surface area contributed by atoms with E-state index in [9.17, 15) is 13.2 Å². The zero-order valence-corrected chi connectivity index (χ0v) is 24.1. The van der Waals surface area contributed by atoms with E-state index in [0.29, 0.717) is 79.0 Å². The molecular weight excluding hydrogens is 542 g/mol. The van der Waals surface area contributed by atoms with E-state index in [4.69, 9.17) is 19.8 Å². The highest BCUT2D eigenvalue weighted by atomic mass is 32.2. The van der Waals surface area contributed by atoms with E-state index in [1.165, 1.54) is 0 Å². The van der Waals surface area contributed by atoms with Crippen LogP contribution in [-0.2, 0) is 19.3 Å². The minimum atomic E-state index is -3.75. The molecule has 0 bridgehead atoms. The maximum Gasteiger partial charge on any atom is 0.319 e. The lowest BCUT2D eigenvalue weighted by Crippen LogP contribution is -2.44. The normalized spacial score (nSPS) is 18.7. The molecule has 218 valence electrons. The van der Waals surface area contributed by atoms with Crippen molar-refractivity contribution in [3.05, 3.63) is 66.4 Å². The second-order valence-electron chi connectivity index (χ2n) is 10.6. The van der Waals surface area contributed by atoms with E-state index in [1.807, 2.05) is 24.3 Å². The van der Waals surface area contributed by atoms with Gasteiger partial charge in [-0.2, -0.15) is 0 Å². The lowest BCUT2D eigenvalue weighted by molar-refractivity contribution is 0.0985. The highest BCUT2D eigenvalue weighted by molar-refractivity contribution is 7.92. The molecule has 10 nitrogen and oxygen atoms in total. The van der Waals surface area contributed by atoms with E-state index in [2.05, 4.69) is 22.5 Å². The number of urea groups is 1. The van der Waals surface area contributed by atoms with Gasteiger partial charge in [0.05, 0.1) is 29.8 Å². The molecule has 0 spiro atoms. The SMILES string of the molecule is C[C@H]1COCCN1c1cc(C2(S(=O)(=O)c3ccccc3)CCCC2)nc(-c2ccc(NC(=O)NCCCO)cc2)n1. The summed E-state index contributed by atoms with van der Waals surface area (Å²) >= 11 is 0. The van der Waals surface area contributed by atoms with Crippen molar-refractivity contribution in [2.24, 2.45) is 0 Å². The maximum absolute atomic E-state index is 14.2.